The number of hydrogen-bond acceptors (Lipinski definition) is 9. The van der Waals surface area contributed by atoms with Gasteiger partial charge in [-0.25, -0.2) is 19.2 Å². The number of piperidine rings is 1. The minimum absolute atomic E-state index is 0.0811. The molecule has 0 amide bonds. The normalized spacial score (nSPS) is 16.9. The summed E-state index contributed by atoms with van der Waals surface area (Å²) in [5.41, 5.74) is 2.55. The Morgan fingerprint density at radius 3 is 1.50 bits per heavy atom. The molecule has 0 saturated carbocycles. The number of aliphatic carboxylic acids is 4. The number of carboxylic acid groups (broad SMARTS) is 4. The van der Waals surface area contributed by atoms with Crippen LogP contribution in [0, 0.1) is 0 Å². The Bertz CT molecular complexity index is 1360. The van der Waals surface area contributed by atoms with Crippen LogP contribution in [-0.2, 0) is 37.0 Å². The maximum atomic E-state index is 10.6. The summed E-state index contributed by atoms with van der Waals surface area (Å²) in [5.74, 6) is -11.0. The van der Waals surface area contributed by atoms with Crippen molar-refractivity contribution in [2.24, 2.45) is 0 Å². The largest absolute Gasteiger partial charge is 0.490 e. The predicted molar refractivity (Wildman–Crippen MR) is 156 cm³/mol. The van der Waals surface area contributed by atoms with Crippen molar-refractivity contribution in [3.8, 4) is 0 Å². The van der Waals surface area contributed by atoms with E-state index in [1.165, 1.54) is 5.56 Å². The fourth-order valence-corrected chi connectivity index (χ4v) is 4.20. The molecule has 0 aromatic carbocycles. The number of halogens is 12. The van der Waals surface area contributed by atoms with E-state index in [-0.39, 0.29) is 5.60 Å². The molecule has 0 bridgehead atoms. The first-order valence-electron chi connectivity index (χ1n) is 14.6. The molecule has 2 aromatic heterocycles. The average Bonchev–Trinajstić information content (AvgIpc) is 3.46. The summed E-state index contributed by atoms with van der Waals surface area (Å²) in [6.07, 6.45) is -11.3. The lowest BCUT2D eigenvalue weighted by molar-refractivity contribution is -0.193. The summed E-state index contributed by atoms with van der Waals surface area (Å²) in [5, 5.41) is 28.5. The Balaban J connectivity index is 0.000000820. The number of carbonyl (C=O) groups is 4. The highest BCUT2D eigenvalue weighted by molar-refractivity contribution is 5.74. The lowest BCUT2D eigenvalue weighted by Gasteiger charge is -2.38. The number of carboxylic acids is 4. The van der Waals surface area contributed by atoms with Gasteiger partial charge in [0.15, 0.2) is 0 Å². The molecule has 25 heteroatoms. The first-order chi connectivity index (χ1) is 24.5. The smallest absolute Gasteiger partial charge is 0.475 e. The topological polar surface area (TPSA) is 191 Å². The monoisotopic (exact) mass is 808 g/mol. The van der Waals surface area contributed by atoms with Crippen LogP contribution >= 0.6 is 0 Å². The minimum Gasteiger partial charge on any atom is -0.475 e. The van der Waals surface area contributed by atoms with Gasteiger partial charge in [-0.1, -0.05) is 6.07 Å². The van der Waals surface area contributed by atoms with Crippen LogP contribution in [0.2, 0.25) is 0 Å². The summed E-state index contributed by atoms with van der Waals surface area (Å²) >= 11 is 0. The molecule has 4 heterocycles. The molecule has 2 saturated heterocycles. The molecule has 0 aliphatic carbocycles. The standard InChI is InChI=1S/C21H28N4O.4C2HF3O2/c1-24(15-18-5-10-22-11-6-18)20-14-21(26-17-20)7-12-25(13-8-21)16-19-4-2-3-9-23-19;4*3-2(4,5)1(6)7/h2-6,9-11,20H,7-8,12-17H2,1H3;4*(H,6,7). The van der Waals surface area contributed by atoms with Crippen molar-refractivity contribution < 1.29 is 97.0 Å². The zero-order valence-electron chi connectivity index (χ0n) is 27.5. The molecule has 2 aliphatic heterocycles. The molecule has 2 aromatic rings. The van der Waals surface area contributed by atoms with Crippen molar-refractivity contribution in [3.05, 3.63) is 60.2 Å². The molecule has 1 atom stereocenters. The van der Waals surface area contributed by atoms with E-state index in [1.807, 2.05) is 24.7 Å². The Kier molecular flexibility index (Phi) is 19.3. The van der Waals surface area contributed by atoms with E-state index in [9.17, 15) is 52.7 Å². The third-order valence-electron chi connectivity index (χ3n) is 6.84. The van der Waals surface area contributed by atoms with Crippen molar-refractivity contribution in [3.63, 3.8) is 0 Å². The van der Waals surface area contributed by atoms with Crippen LogP contribution in [0.3, 0.4) is 0 Å². The van der Waals surface area contributed by atoms with Gasteiger partial charge in [-0.15, -0.1) is 0 Å². The molecule has 2 aliphatic rings. The second kappa shape index (κ2) is 21.2. The summed E-state index contributed by atoms with van der Waals surface area (Å²) in [7, 11) is 2.21. The molecule has 13 nitrogen and oxygen atoms in total. The van der Waals surface area contributed by atoms with Gasteiger partial charge in [0.2, 0.25) is 0 Å². The first-order valence-corrected chi connectivity index (χ1v) is 14.6. The summed E-state index contributed by atoms with van der Waals surface area (Å²) < 4.78 is 133. The zero-order chi connectivity index (χ0) is 42.1. The molecule has 0 radical (unpaired) electrons. The van der Waals surface area contributed by atoms with Gasteiger partial charge in [0.25, 0.3) is 0 Å². The van der Waals surface area contributed by atoms with Gasteiger partial charge >= 0.3 is 48.6 Å². The highest BCUT2D eigenvalue weighted by atomic mass is 19.4. The van der Waals surface area contributed by atoms with Crippen LogP contribution < -0.4 is 0 Å². The van der Waals surface area contributed by atoms with Crippen LogP contribution in [0.1, 0.15) is 30.5 Å². The number of nitrogens with zero attached hydrogens (tertiary/aromatic N) is 4. The highest BCUT2D eigenvalue weighted by Gasteiger charge is 2.44. The van der Waals surface area contributed by atoms with Crippen molar-refractivity contribution >= 4 is 23.9 Å². The van der Waals surface area contributed by atoms with Gasteiger partial charge in [0, 0.05) is 50.8 Å². The quantitative estimate of drug-likeness (QED) is 0.287. The van der Waals surface area contributed by atoms with Gasteiger partial charge in [-0.3, -0.25) is 19.8 Å². The van der Waals surface area contributed by atoms with Crippen LogP contribution in [0.5, 0.6) is 0 Å². The number of hydrogen-bond donors (Lipinski definition) is 4. The summed E-state index contributed by atoms with van der Waals surface area (Å²) in [6.45, 7) is 4.94. The van der Waals surface area contributed by atoms with E-state index in [1.54, 1.807) is 0 Å². The van der Waals surface area contributed by atoms with Gasteiger partial charge in [-0.2, -0.15) is 52.7 Å². The molecular weight excluding hydrogens is 776 g/mol. The molecule has 2 fully saturated rings. The molecular formula is C29H32F12N4O9. The number of ether oxygens (including phenoxy) is 1. The lowest BCUT2D eigenvalue weighted by Crippen LogP contribution is -2.44. The Morgan fingerprint density at radius 2 is 1.15 bits per heavy atom. The maximum absolute atomic E-state index is 10.6. The maximum Gasteiger partial charge on any atom is 0.490 e. The summed E-state index contributed by atoms with van der Waals surface area (Å²) in [4.78, 5) is 49.1. The molecule has 4 rings (SSSR count). The third-order valence-corrected chi connectivity index (χ3v) is 6.84. The minimum atomic E-state index is -5.08. The first kappa shape index (κ1) is 49.2. The molecule has 1 unspecified atom stereocenters. The molecule has 4 N–H and O–H groups in total. The third kappa shape index (κ3) is 20.5. The van der Waals surface area contributed by atoms with E-state index < -0.39 is 48.6 Å². The SMILES string of the molecule is CN(Cc1ccncc1)C1COC2(CCN(Cc3ccccn3)CC2)C1.O=C(O)C(F)(F)F.O=C(O)C(F)(F)F.O=C(O)C(F)(F)F.O=C(O)C(F)(F)F. The number of alkyl halides is 12. The van der Waals surface area contributed by atoms with E-state index in [0.29, 0.717) is 6.04 Å². The number of likely N-dealkylation sites (tertiary alicyclic amines) is 1. The van der Waals surface area contributed by atoms with Crippen molar-refractivity contribution in [1.29, 1.82) is 0 Å². The van der Waals surface area contributed by atoms with Crippen molar-refractivity contribution in [1.82, 2.24) is 19.8 Å². The van der Waals surface area contributed by atoms with E-state index in [2.05, 4.69) is 51.1 Å². The molecule has 1 spiro atoms. The van der Waals surface area contributed by atoms with Gasteiger partial charge in [0.1, 0.15) is 0 Å². The van der Waals surface area contributed by atoms with Gasteiger partial charge < -0.3 is 25.2 Å². The number of likely N-dealkylation sites (N-methyl/N-ethyl adjacent to an activating group) is 1. The van der Waals surface area contributed by atoms with E-state index in [4.69, 9.17) is 44.3 Å². The molecule has 306 valence electrons. The predicted octanol–water partition coefficient (Wildman–Crippen LogP) is 5.27. The van der Waals surface area contributed by atoms with Crippen LogP contribution in [0.25, 0.3) is 0 Å². The second-order valence-electron chi connectivity index (χ2n) is 10.9. The highest BCUT2D eigenvalue weighted by Crippen LogP contribution is 2.38. The number of aromatic nitrogens is 2. The van der Waals surface area contributed by atoms with E-state index in [0.717, 1.165) is 57.7 Å². The number of pyridine rings is 2. The Morgan fingerprint density at radius 1 is 0.741 bits per heavy atom. The zero-order valence-corrected chi connectivity index (χ0v) is 27.5. The summed E-state index contributed by atoms with van der Waals surface area (Å²) in [6, 6.07) is 10.8. The van der Waals surface area contributed by atoms with Gasteiger partial charge in [-0.05, 0) is 56.1 Å². The fourth-order valence-electron chi connectivity index (χ4n) is 4.20. The second-order valence-corrected chi connectivity index (χ2v) is 10.9. The van der Waals surface area contributed by atoms with E-state index >= 15 is 0 Å². The average molecular weight is 809 g/mol. The Labute approximate surface area is 296 Å². The number of rotatable bonds is 5. The molecule has 54 heavy (non-hydrogen) atoms. The lowest BCUT2D eigenvalue weighted by atomic mass is 9.87. The van der Waals surface area contributed by atoms with Crippen molar-refractivity contribution in [2.45, 2.75) is 68.7 Å². The van der Waals surface area contributed by atoms with Crippen LogP contribution in [0.15, 0.2) is 48.9 Å². The fraction of sp³-hybridized carbons (Fsp3) is 0.517. The van der Waals surface area contributed by atoms with Crippen LogP contribution in [0.4, 0.5) is 52.7 Å². The Hall–Kier alpha value is -4.78. The van der Waals surface area contributed by atoms with Crippen LogP contribution in [-0.4, -0.2) is 127 Å². The van der Waals surface area contributed by atoms with Gasteiger partial charge in [0.05, 0.1) is 17.9 Å². The van der Waals surface area contributed by atoms with Crippen molar-refractivity contribution in [2.75, 3.05) is 26.7 Å².